The molecule has 1 saturated carbocycles. The van der Waals surface area contributed by atoms with Crippen molar-refractivity contribution in [2.45, 2.75) is 46.1 Å². The van der Waals surface area contributed by atoms with E-state index in [9.17, 15) is 9.59 Å². The van der Waals surface area contributed by atoms with Gasteiger partial charge in [0.05, 0.1) is 19.3 Å². The van der Waals surface area contributed by atoms with E-state index in [1.54, 1.807) is 0 Å². The monoisotopic (exact) mass is 296 g/mol. The Hall–Kier alpha value is -1.10. The summed E-state index contributed by atoms with van der Waals surface area (Å²) in [5, 5.41) is 2.88. The van der Waals surface area contributed by atoms with Gasteiger partial charge in [-0.2, -0.15) is 0 Å². The zero-order chi connectivity index (χ0) is 15.4. The number of amides is 2. The molecule has 3 atom stereocenters. The highest BCUT2D eigenvalue weighted by Crippen LogP contribution is 2.37. The first-order valence-electron chi connectivity index (χ1n) is 8.14. The van der Waals surface area contributed by atoms with Crippen molar-refractivity contribution < 1.29 is 14.3 Å². The fourth-order valence-electron chi connectivity index (χ4n) is 2.98. The zero-order valence-electron chi connectivity index (χ0n) is 13.4. The number of hydrogen-bond donors (Lipinski definition) is 1. The molecule has 0 aromatic carbocycles. The molecule has 2 rings (SSSR count). The van der Waals surface area contributed by atoms with Gasteiger partial charge in [-0.3, -0.25) is 9.59 Å². The molecule has 0 aromatic rings. The summed E-state index contributed by atoms with van der Waals surface area (Å²) in [7, 11) is 0. The van der Waals surface area contributed by atoms with Gasteiger partial charge in [0.25, 0.3) is 0 Å². The van der Waals surface area contributed by atoms with E-state index in [4.69, 9.17) is 4.74 Å². The second-order valence-corrected chi connectivity index (χ2v) is 6.81. The third kappa shape index (κ3) is 4.70. The largest absolute Gasteiger partial charge is 0.377 e. The molecule has 5 heteroatoms. The lowest BCUT2D eigenvalue weighted by atomic mass is 10.0. The number of rotatable bonds is 6. The first kappa shape index (κ1) is 16.3. The summed E-state index contributed by atoms with van der Waals surface area (Å²) in [5.74, 6) is 1.47. The highest BCUT2D eigenvalue weighted by atomic mass is 16.5. The van der Waals surface area contributed by atoms with Crippen LogP contribution in [0.5, 0.6) is 0 Å². The first-order valence-corrected chi connectivity index (χ1v) is 8.14. The number of carbonyl (C=O) groups is 2. The van der Waals surface area contributed by atoms with Crippen molar-refractivity contribution in [3.63, 3.8) is 0 Å². The molecule has 120 valence electrons. The van der Waals surface area contributed by atoms with Gasteiger partial charge < -0.3 is 15.0 Å². The molecular formula is C16H28N2O3. The van der Waals surface area contributed by atoms with Crippen LogP contribution in [0.15, 0.2) is 0 Å². The maximum atomic E-state index is 12.3. The van der Waals surface area contributed by atoms with E-state index in [1.807, 2.05) is 4.90 Å². The molecule has 2 amide bonds. The van der Waals surface area contributed by atoms with E-state index in [0.717, 1.165) is 12.8 Å². The standard InChI is InChI=1S/C16H28N2O3/c1-11(2)8-13-10-21-7-6-18(13)15(19)4-5-17-16(20)14-9-12(14)3/h11-14H,4-10H2,1-3H3,(H,17,20)/t12-,13+,14+/m0/s1. The van der Waals surface area contributed by atoms with Crippen LogP contribution in [0.2, 0.25) is 0 Å². The molecule has 0 unspecified atom stereocenters. The molecule has 1 heterocycles. The topological polar surface area (TPSA) is 58.6 Å². The van der Waals surface area contributed by atoms with Gasteiger partial charge in [-0.25, -0.2) is 0 Å². The second kappa shape index (κ2) is 7.25. The normalized spacial score (nSPS) is 28.6. The molecule has 0 radical (unpaired) electrons. The Balaban J connectivity index is 1.73. The summed E-state index contributed by atoms with van der Waals surface area (Å²) in [6.07, 6.45) is 2.35. The Morgan fingerprint density at radius 3 is 2.71 bits per heavy atom. The van der Waals surface area contributed by atoms with Crippen molar-refractivity contribution in [1.29, 1.82) is 0 Å². The average Bonchev–Trinajstić information content (AvgIpc) is 3.15. The lowest BCUT2D eigenvalue weighted by molar-refractivity contribution is -0.140. The maximum absolute atomic E-state index is 12.3. The summed E-state index contributed by atoms with van der Waals surface area (Å²) >= 11 is 0. The Labute approximate surface area is 127 Å². The molecule has 1 aliphatic heterocycles. The Morgan fingerprint density at radius 1 is 1.38 bits per heavy atom. The number of hydrogen-bond acceptors (Lipinski definition) is 3. The lowest BCUT2D eigenvalue weighted by Crippen LogP contribution is -2.49. The summed E-state index contributed by atoms with van der Waals surface area (Å²) in [6, 6.07) is 0.186. The van der Waals surface area contributed by atoms with Crippen molar-refractivity contribution in [3.05, 3.63) is 0 Å². The van der Waals surface area contributed by atoms with E-state index >= 15 is 0 Å². The Bertz CT molecular complexity index is 384. The van der Waals surface area contributed by atoms with Crippen LogP contribution in [0, 0.1) is 17.8 Å². The molecule has 21 heavy (non-hydrogen) atoms. The van der Waals surface area contributed by atoms with Gasteiger partial charge in [0.1, 0.15) is 0 Å². The smallest absolute Gasteiger partial charge is 0.224 e. The predicted octanol–water partition coefficient (Wildman–Crippen LogP) is 1.42. The summed E-state index contributed by atoms with van der Waals surface area (Å²) in [4.78, 5) is 26.0. The summed E-state index contributed by atoms with van der Waals surface area (Å²) in [6.45, 7) is 8.78. The molecular weight excluding hydrogens is 268 g/mol. The van der Waals surface area contributed by atoms with Crippen LogP contribution in [-0.4, -0.2) is 49.1 Å². The van der Waals surface area contributed by atoms with E-state index in [1.165, 1.54) is 0 Å². The van der Waals surface area contributed by atoms with Gasteiger partial charge in [-0.1, -0.05) is 20.8 Å². The maximum Gasteiger partial charge on any atom is 0.224 e. The lowest BCUT2D eigenvalue weighted by Gasteiger charge is -2.36. The molecule has 1 saturated heterocycles. The van der Waals surface area contributed by atoms with Crippen LogP contribution >= 0.6 is 0 Å². The first-order chi connectivity index (χ1) is 9.99. The quantitative estimate of drug-likeness (QED) is 0.806. The van der Waals surface area contributed by atoms with Crippen LogP contribution in [-0.2, 0) is 14.3 Å². The predicted molar refractivity (Wildman–Crippen MR) is 80.7 cm³/mol. The summed E-state index contributed by atoms with van der Waals surface area (Å²) in [5.41, 5.74) is 0. The average molecular weight is 296 g/mol. The Kier molecular flexibility index (Phi) is 5.62. The molecule has 1 aliphatic carbocycles. The molecule has 5 nitrogen and oxygen atoms in total. The van der Waals surface area contributed by atoms with Gasteiger partial charge in [0.2, 0.25) is 11.8 Å². The van der Waals surface area contributed by atoms with Crippen LogP contribution < -0.4 is 5.32 Å². The van der Waals surface area contributed by atoms with Crippen molar-refractivity contribution in [3.8, 4) is 0 Å². The van der Waals surface area contributed by atoms with Gasteiger partial charge in [0, 0.05) is 25.4 Å². The summed E-state index contributed by atoms with van der Waals surface area (Å²) < 4.78 is 5.49. The number of carbonyl (C=O) groups excluding carboxylic acids is 2. The number of morpholine rings is 1. The van der Waals surface area contributed by atoms with Crippen LogP contribution in [0.4, 0.5) is 0 Å². The van der Waals surface area contributed by atoms with E-state index in [0.29, 0.717) is 44.6 Å². The van der Waals surface area contributed by atoms with Crippen molar-refractivity contribution in [2.24, 2.45) is 17.8 Å². The number of nitrogens with one attached hydrogen (secondary N) is 1. The second-order valence-electron chi connectivity index (χ2n) is 6.81. The third-order valence-electron chi connectivity index (χ3n) is 4.38. The van der Waals surface area contributed by atoms with Crippen molar-refractivity contribution in [1.82, 2.24) is 10.2 Å². The highest BCUT2D eigenvalue weighted by molar-refractivity contribution is 5.82. The van der Waals surface area contributed by atoms with Gasteiger partial charge in [-0.05, 0) is 24.7 Å². The van der Waals surface area contributed by atoms with Crippen LogP contribution in [0.1, 0.15) is 40.0 Å². The highest BCUT2D eigenvalue weighted by Gasteiger charge is 2.38. The minimum absolute atomic E-state index is 0.107. The van der Waals surface area contributed by atoms with Gasteiger partial charge in [-0.15, -0.1) is 0 Å². The van der Waals surface area contributed by atoms with Crippen LogP contribution in [0.3, 0.4) is 0 Å². The SMILES string of the molecule is CC(C)C[C@@H]1COCCN1C(=O)CCNC(=O)[C@@H]1C[C@@H]1C. The molecule has 2 aliphatic rings. The molecule has 2 fully saturated rings. The number of nitrogens with zero attached hydrogens (tertiary/aromatic N) is 1. The fourth-order valence-corrected chi connectivity index (χ4v) is 2.98. The zero-order valence-corrected chi connectivity index (χ0v) is 13.4. The molecule has 0 bridgehead atoms. The number of ether oxygens (including phenoxy) is 1. The fraction of sp³-hybridized carbons (Fsp3) is 0.875. The van der Waals surface area contributed by atoms with Gasteiger partial charge >= 0.3 is 0 Å². The molecule has 0 spiro atoms. The van der Waals surface area contributed by atoms with Crippen molar-refractivity contribution in [2.75, 3.05) is 26.3 Å². The minimum atomic E-state index is 0.107. The third-order valence-corrected chi connectivity index (χ3v) is 4.38. The van der Waals surface area contributed by atoms with E-state index in [-0.39, 0.29) is 23.8 Å². The van der Waals surface area contributed by atoms with Crippen molar-refractivity contribution >= 4 is 11.8 Å². The van der Waals surface area contributed by atoms with E-state index in [2.05, 4.69) is 26.1 Å². The van der Waals surface area contributed by atoms with Crippen LogP contribution in [0.25, 0.3) is 0 Å². The molecule has 0 aromatic heterocycles. The Morgan fingerprint density at radius 2 is 2.10 bits per heavy atom. The minimum Gasteiger partial charge on any atom is -0.377 e. The van der Waals surface area contributed by atoms with Gasteiger partial charge in [0.15, 0.2) is 0 Å². The van der Waals surface area contributed by atoms with E-state index < -0.39 is 0 Å². The molecule has 1 N–H and O–H groups in total.